The van der Waals surface area contributed by atoms with E-state index in [0.717, 1.165) is 74.9 Å². The number of hydrogen-bond acceptors (Lipinski definition) is 5. The molecule has 0 bridgehead atoms. The molecule has 0 N–H and O–H groups in total. The molecule has 4 heterocycles. The van der Waals surface area contributed by atoms with Crippen LogP contribution in [-0.2, 0) is 16.0 Å². The summed E-state index contributed by atoms with van der Waals surface area (Å²) in [7, 11) is 3.32. The topological polar surface area (TPSA) is 70.9 Å². The highest BCUT2D eigenvalue weighted by atomic mass is 19.1. The molecule has 2 amide bonds. The Bertz CT molecular complexity index is 1430. The van der Waals surface area contributed by atoms with Crippen LogP contribution in [0.2, 0.25) is 0 Å². The summed E-state index contributed by atoms with van der Waals surface area (Å²) in [5.74, 6) is 0.601. The predicted octanol–water partition coefficient (Wildman–Crippen LogP) is 4.70. The van der Waals surface area contributed by atoms with Gasteiger partial charge < -0.3 is 24.0 Å². The number of aryl methyl sites for hydroxylation is 1. The molecule has 0 unspecified atom stereocenters. The van der Waals surface area contributed by atoms with Gasteiger partial charge in [-0.05, 0) is 94.2 Å². The number of aromatic nitrogens is 2. The first-order chi connectivity index (χ1) is 20.2. The summed E-state index contributed by atoms with van der Waals surface area (Å²) in [5.41, 5.74) is 4.28. The van der Waals surface area contributed by atoms with Gasteiger partial charge in [0.25, 0.3) is 5.91 Å². The molecule has 0 saturated carbocycles. The molecule has 0 spiro atoms. The lowest BCUT2D eigenvalue weighted by atomic mass is 9.95. The molecule has 2 fully saturated rings. The summed E-state index contributed by atoms with van der Waals surface area (Å²) in [4.78, 5) is 36.2. The second-order valence-corrected chi connectivity index (χ2v) is 12.4. The third kappa shape index (κ3) is 6.37. The van der Waals surface area contributed by atoms with E-state index in [1.54, 1.807) is 25.1 Å². The van der Waals surface area contributed by atoms with Crippen molar-refractivity contribution in [3.8, 4) is 5.69 Å². The number of nitrogens with zero attached hydrogens (tertiary/aromatic N) is 5. The number of hydrogen-bond donors (Lipinski definition) is 0. The Morgan fingerprint density at radius 2 is 1.86 bits per heavy atom. The van der Waals surface area contributed by atoms with Crippen molar-refractivity contribution in [1.29, 1.82) is 0 Å². The predicted molar refractivity (Wildman–Crippen MR) is 162 cm³/mol. The van der Waals surface area contributed by atoms with Crippen LogP contribution in [-0.4, -0.2) is 95.6 Å². The molecule has 3 aromatic rings. The van der Waals surface area contributed by atoms with Gasteiger partial charge in [-0.15, -0.1) is 0 Å². The van der Waals surface area contributed by atoms with E-state index in [2.05, 4.69) is 23.0 Å². The Morgan fingerprint density at radius 3 is 2.57 bits per heavy atom. The van der Waals surface area contributed by atoms with E-state index in [1.165, 1.54) is 17.7 Å². The van der Waals surface area contributed by atoms with Gasteiger partial charge in [-0.1, -0.05) is 0 Å². The molecule has 0 aliphatic carbocycles. The van der Waals surface area contributed by atoms with Crippen LogP contribution < -0.4 is 0 Å². The number of rotatable bonds is 9. The summed E-state index contributed by atoms with van der Waals surface area (Å²) >= 11 is 0. The summed E-state index contributed by atoms with van der Waals surface area (Å²) in [6, 6.07) is 4.46. The quantitative estimate of drug-likeness (QED) is 0.369. The van der Waals surface area contributed by atoms with Gasteiger partial charge in [-0.2, -0.15) is 0 Å². The van der Waals surface area contributed by atoms with Gasteiger partial charge >= 0.3 is 0 Å². The fourth-order valence-corrected chi connectivity index (χ4v) is 6.61. The lowest BCUT2D eigenvalue weighted by Gasteiger charge is -2.33. The van der Waals surface area contributed by atoms with E-state index in [9.17, 15) is 14.0 Å². The normalized spacial score (nSPS) is 18.4. The molecule has 1 atom stereocenters. The maximum atomic E-state index is 14.4. The van der Waals surface area contributed by atoms with Gasteiger partial charge in [-0.25, -0.2) is 4.39 Å². The number of methoxy groups -OCH3 is 1. The second-order valence-electron chi connectivity index (χ2n) is 12.4. The van der Waals surface area contributed by atoms with Gasteiger partial charge in [0.05, 0.1) is 23.0 Å². The van der Waals surface area contributed by atoms with Crippen LogP contribution in [0.1, 0.15) is 54.6 Å². The van der Waals surface area contributed by atoms with Crippen molar-refractivity contribution in [3.05, 3.63) is 59.3 Å². The minimum absolute atomic E-state index is 0.00879. The summed E-state index contributed by atoms with van der Waals surface area (Å²) < 4.78 is 21.5. The molecule has 8 nitrogen and oxygen atoms in total. The average molecular weight is 578 g/mol. The molecule has 2 aromatic heterocycles. The average Bonchev–Trinajstić information content (AvgIpc) is 3.57. The first-order valence-electron chi connectivity index (χ1n) is 15.2. The molecule has 5 rings (SSSR count). The SMILES string of the molecule is COCC(=O)N1CCC(CN2CC[C@H](Cc3cn(-c4ccc(F)cc4C(=O)N(C)C(C)C)c4cncc(C)c34)C2)CC1. The molecule has 2 aliphatic rings. The van der Waals surface area contributed by atoms with Gasteiger partial charge in [-0.3, -0.25) is 14.6 Å². The molecule has 1 aromatic carbocycles. The number of halogens is 1. The number of piperidine rings is 1. The molecule has 9 heteroatoms. The van der Waals surface area contributed by atoms with E-state index < -0.39 is 5.82 Å². The highest BCUT2D eigenvalue weighted by molar-refractivity contribution is 5.99. The monoisotopic (exact) mass is 577 g/mol. The highest BCUT2D eigenvalue weighted by Gasteiger charge is 2.29. The van der Waals surface area contributed by atoms with Gasteiger partial charge in [0.2, 0.25) is 5.91 Å². The molecular formula is C33H44FN5O3. The van der Waals surface area contributed by atoms with Crippen LogP contribution in [0, 0.1) is 24.6 Å². The number of carbonyl (C=O) groups is 2. The number of benzene rings is 1. The van der Waals surface area contributed by atoms with Crippen molar-refractivity contribution in [3.63, 3.8) is 0 Å². The Labute approximate surface area is 248 Å². The first-order valence-corrected chi connectivity index (χ1v) is 15.2. The number of carbonyl (C=O) groups excluding carboxylic acids is 2. The zero-order valence-corrected chi connectivity index (χ0v) is 25.6. The number of fused-ring (bicyclic) bond motifs is 1. The fraction of sp³-hybridized carbons (Fsp3) is 0.545. The molecule has 2 saturated heterocycles. The van der Waals surface area contributed by atoms with Crippen molar-refractivity contribution in [2.45, 2.75) is 52.5 Å². The van der Waals surface area contributed by atoms with Crippen LogP contribution in [0.25, 0.3) is 16.6 Å². The lowest BCUT2D eigenvalue weighted by Crippen LogP contribution is -2.42. The van der Waals surface area contributed by atoms with E-state index >= 15 is 0 Å². The Balaban J connectivity index is 1.33. The third-order valence-electron chi connectivity index (χ3n) is 9.15. The van der Waals surface area contributed by atoms with Crippen molar-refractivity contribution < 1.29 is 18.7 Å². The summed E-state index contributed by atoms with van der Waals surface area (Å²) in [6.07, 6.45) is 10.0. The standard InChI is InChI=1S/C33H44FN5O3/c1-22(2)36(4)33(41)28-15-27(34)6-7-29(28)39-20-26(32-23(3)16-35-17-30(32)39)14-25-8-11-37(19-25)18-24-9-12-38(13-10-24)31(40)21-42-5/h6-7,15-17,20,22,24-25H,8-14,18-19,21H2,1-5H3/t25-/m1/s1. The number of likely N-dealkylation sites (tertiary alicyclic amines) is 2. The molecule has 0 radical (unpaired) electrons. The number of ether oxygens (including phenoxy) is 1. The molecular weight excluding hydrogens is 533 g/mol. The molecule has 42 heavy (non-hydrogen) atoms. The molecule has 2 aliphatic heterocycles. The Morgan fingerprint density at radius 1 is 1.12 bits per heavy atom. The van der Waals surface area contributed by atoms with Crippen LogP contribution in [0.4, 0.5) is 4.39 Å². The summed E-state index contributed by atoms with van der Waals surface area (Å²) in [5, 5.41) is 1.16. The highest BCUT2D eigenvalue weighted by Crippen LogP contribution is 2.33. The van der Waals surface area contributed by atoms with Crippen molar-refractivity contribution in [2.75, 3.05) is 53.5 Å². The maximum Gasteiger partial charge on any atom is 0.256 e. The van der Waals surface area contributed by atoms with Crippen LogP contribution in [0.3, 0.4) is 0 Å². The second kappa shape index (κ2) is 12.9. The zero-order chi connectivity index (χ0) is 30.0. The maximum absolute atomic E-state index is 14.4. The summed E-state index contributed by atoms with van der Waals surface area (Å²) in [6.45, 7) is 11.0. The molecule has 226 valence electrons. The van der Waals surface area contributed by atoms with Crippen LogP contribution >= 0.6 is 0 Å². The van der Waals surface area contributed by atoms with Crippen molar-refractivity contribution in [2.24, 2.45) is 11.8 Å². The van der Waals surface area contributed by atoms with E-state index in [4.69, 9.17) is 4.74 Å². The van der Waals surface area contributed by atoms with Crippen molar-refractivity contribution in [1.82, 2.24) is 24.3 Å². The lowest BCUT2D eigenvalue weighted by molar-refractivity contribution is -0.136. The van der Waals surface area contributed by atoms with Crippen LogP contribution in [0.15, 0.2) is 36.8 Å². The minimum Gasteiger partial charge on any atom is -0.375 e. The Hall–Kier alpha value is -3.30. The minimum atomic E-state index is -0.427. The first kappa shape index (κ1) is 30.2. The van der Waals surface area contributed by atoms with E-state index in [0.29, 0.717) is 23.1 Å². The largest absolute Gasteiger partial charge is 0.375 e. The van der Waals surface area contributed by atoms with E-state index in [1.807, 2.05) is 35.7 Å². The van der Waals surface area contributed by atoms with Crippen molar-refractivity contribution >= 4 is 22.7 Å². The number of pyridine rings is 1. The zero-order valence-electron chi connectivity index (χ0n) is 25.6. The Kier molecular flexibility index (Phi) is 9.28. The van der Waals surface area contributed by atoms with Gasteiger partial charge in [0.15, 0.2) is 0 Å². The fourth-order valence-electron chi connectivity index (χ4n) is 6.61. The van der Waals surface area contributed by atoms with E-state index in [-0.39, 0.29) is 24.5 Å². The van der Waals surface area contributed by atoms with Gasteiger partial charge in [0.1, 0.15) is 12.4 Å². The third-order valence-corrected chi connectivity index (χ3v) is 9.15. The van der Waals surface area contributed by atoms with Crippen LogP contribution in [0.5, 0.6) is 0 Å². The smallest absolute Gasteiger partial charge is 0.256 e. The van der Waals surface area contributed by atoms with Gasteiger partial charge in [0, 0.05) is 64.2 Å². The number of amides is 2.